The molecule has 5 heterocycles. The third-order valence-corrected chi connectivity index (χ3v) is 13.1. The molecule has 4 aromatic rings. The second-order valence-corrected chi connectivity index (χ2v) is 19.6. The van der Waals surface area contributed by atoms with Gasteiger partial charge in [0.15, 0.2) is 0 Å². The van der Waals surface area contributed by atoms with Gasteiger partial charge in [-0.3, -0.25) is 34.0 Å². The van der Waals surface area contributed by atoms with Crippen molar-refractivity contribution in [3.8, 4) is 28.3 Å². The third kappa shape index (κ3) is 10.2. The molecule has 3 aliphatic rings. The Hall–Kier alpha value is -6.06. The van der Waals surface area contributed by atoms with E-state index >= 15 is 0 Å². The first-order valence-electron chi connectivity index (χ1n) is 23.2. The Morgan fingerprint density at radius 2 is 1.83 bits per heavy atom. The fraction of sp³-hybridized carbons (Fsp3) is 0.490. The topological polar surface area (TPSA) is 170 Å². The van der Waals surface area contributed by atoms with Crippen molar-refractivity contribution in [3.05, 3.63) is 84.1 Å². The van der Waals surface area contributed by atoms with Crippen LogP contribution in [0.15, 0.2) is 67.4 Å². The molecule has 6 bridgehead atoms. The normalized spacial score (nSPS) is 20.5. The van der Waals surface area contributed by atoms with Gasteiger partial charge in [0.25, 0.3) is 5.91 Å². The van der Waals surface area contributed by atoms with E-state index in [4.69, 9.17) is 9.72 Å². The molecule has 3 N–H and O–H groups in total. The van der Waals surface area contributed by atoms with E-state index in [9.17, 15) is 29.1 Å². The Balaban J connectivity index is 1.31. The average Bonchev–Trinajstić information content (AvgIpc) is 3.89. The highest BCUT2D eigenvalue weighted by Crippen LogP contribution is 2.41. The Bertz CT molecular complexity index is 2510. The van der Waals surface area contributed by atoms with Gasteiger partial charge in [0.2, 0.25) is 17.7 Å². The van der Waals surface area contributed by atoms with Crippen molar-refractivity contribution in [1.29, 1.82) is 0 Å². The number of phenols is 1. The molecule has 15 heteroatoms. The number of nitrogens with one attached hydrogen (secondary N) is 2. The fourth-order valence-corrected chi connectivity index (χ4v) is 10.00. The quantitative estimate of drug-likeness (QED) is 0.140. The van der Waals surface area contributed by atoms with E-state index in [2.05, 4.69) is 65.8 Å². The highest BCUT2D eigenvalue weighted by Gasteiger charge is 2.40. The van der Waals surface area contributed by atoms with E-state index in [0.717, 1.165) is 44.5 Å². The number of aryl methyl sites for hydroxylation is 1. The number of ether oxygens (including phenoxy) is 1. The van der Waals surface area contributed by atoms with E-state index < -0.39 is 47.2 Å². The molecule has 2 aromatic heterocycles. The number of benzene rings is 2. The van der Waals surface area contributed by atoms with Crippen molar-refractivity contribution < 1.29 is 33.8 Å². The maximum Gasteiger partial charge on any atom is 0.324 e. The van der Waals surface area contributed by atoms with Crippen LogP contribution in [0.4, 0.5) is 0 Å². The minimum atomic E-state index is -1.16. The lowest BCUT2D eigenvalue weighted by molar-refractivity contribution is -0.155. The van der Waals surface area contributed by atoms with Gasteiger partial charge in [0, 0.05) is 68.7 Å². The minimum Gasteiger partial charge on any atom is -0.508 e. The molecule has 352 valence electrons. The van der Waals surface area contributed by atoms with Gasteiger partial charge in [-0.25, -0.2) is 5.43 Å². The summed E-state index contributed by atoms with van der Waals surface area (Å²) in [5, 5.41) is 16.7. The van der Waals surface area contributed by atoms with Crippen LogP contribution in [-0.2, 0) is 54.6 Å². The number of amides is 4. The van der Waals surface area contributed by atoms with Gasteiger partial charge in [0.05, 0.1) is 23.9 Å². The summed E-state index contributed by atoms with van der Waals surface area (Å²) in [4.78, 5) is 79.5. The number of aromatic hydroxyl groups is 1. The standard InChI is InChI=1S/C51H66N8O7/c1-10-43(61)57-21-18-35(29-57)48(63)56(9)45(31(3)4)47(62)53-41-24-32-22-36(25-37(60)23-32)33-16-17-42-38(26-33)39(46(58(42)11-2)44-34(28-55(7)8)14-12-19-52-44)27-51(5,6)30-66-50(65)40-15-13-20-59(54-40)49(41)64/h10,12,14,16-17,19,22-23,25-26,31,35,40-41,45,54,60H,1,11,13,15,18,20-21,24,27-30H2,2-9H3,(H,53,62)/t35-,40-,41-,45-/m0/s1. The number of nitrogens with zero attached hydrogens (tertiary/aromatic N) is 6. The summed E-state index contributed by atoms with van der Waals surface area (Å²) in [5.41, 5.74) is 9.83. The number of esters is 1. The van der Waals surface area contributed by atoms with Crippen LogP contribution in [0, 0.1) is 17.3 Å². The SMILES string of the molecule is C=CC(=O)N1CC[C@H](C(=O)N(C)[C@H](C(=O)N[C@H]2Cc3cc(O)cc(c3)-c3ccc4c(c3)c(c(-c3ncccc3CN(C)C)n4CC)CC(C)(C)COC(=O)[C@@H]3CCCN(N3)C2=O)C(C)C)C1. The molecule has 15 nitrogen and oxygen atoms in total. The van der Waals surface area contributed by atoms with Crippen LogP contribution in [-0.4, -0.2) is 129 Å². The van der Waals surface area contributed by atoms with Crippen LogP contribution in [0.5, 0.6) is 5.75 Å². The van der Waals surface area contributed by atoms with Crippen LogP contribution in [0.1, 0.15) is 70.6 Å². The molecule has 2 saturated heterocycles. The summed E-state index contributed by atoms with van der Waals surface area (Å²) in [6, 6.07) is 12.6. The van der Waals surface area contributed by atoms with Gasteiger partial charge in [-0.15, -0.1) is 0 Å². The molecule has 2 fully saturated rings. The summed E-state index contributed by atoms with van der Waals surface area (Å²) < 4.78 is 8.41. The monoisotopic (exact) mass is 903 g/mol. The van der Waals surface area contributed by atoms with Crippen LogP contribution in [0.3, 0.4) is 0 Å². The molecule has 0 spiro atoms. The fourth-order valence-electron chi connectivity index (χ4n) is 10.00. The predicted octanol–water partition coefficient (Wildman–Crippen LogP) is 5.32. The maximum absolute atomic E-state index is 14.7. The number of carbonyl (C=O) groups excluding carboxylic acids is 5. The zero-order valence-electron chi connectivity index (χ0n) is 39.7. The number of aromatic nitrogens is 2. The van der Waals surface area contributed by atoms with Gasteiger partial charge in [-0.1, -0.05) is 52.5 Å². The van der Waals surface area contributed by atoms with Crippen LogP contribution >= 0.6 is 0 Å². The lowest BCUT2D eigenvalue weighted by Gasteiger charge is -2.37. The number of hydrogen-bond donors (Lipinski definition) is 3. The molecule has 0 unspecified atom stereocenters. The number of rotatable bonds is 10. The smallest absolute Gasteiger partial charge is 0.324 e. The van der Waals surface area contributed by atoms with E-state index in [-0.39, 0.29) is 49.6 Å². The highest BCUT2D eigenvalue weighted by molar-refractivity contribution is 5.96. The molecule has 0 radical (unpaired) electrons. The van der Waals surface area contributed by atoms with Crippen LogP contribution in [0.25, 0.3) is 33.4 Å². The Labute approximate surface area is 388 Å². The lowest BCUT2D eigenvalue weighted by atomic mass is 9.84. The molecular weight excluding hydrogens is 837 g/mol. The second-order valence-electron chi connectivity index (χ2n) is 19.6. The number of fused-ring (bicyclic) bond motifs is 6. The number of hydrogen-bond acceptors (Lipinski definition) is 10. The molecule has 2 aromatic carbocycles. The van der Waals surface area contributed by atoms with E-state index in [0.29, 0.717) is 50.9 Å². The number of likely N-dealkylation sites (tertiary alicyclic amines) is 1. The third-order valence-electron chi connectivity index (χ3n) is 13.1. The van der Waals surface area contributed by atoms with Crippen molar-refractivity contribution in [2.45, 2.75) is 97.9 Å². The number of cyclic esters (lactones) is 1. The average molecular weight is 903 g/mol. The van der Waals surface area contributed by atoms with Crippen molar-refractivity contribution in [2.24, 2.45) is 17.3 Å². The second kappa shape index (κ2) is 19.8. The molecule has 4 amide bonds. The molecule has 66 heavy (non-hydrogen) atoms. The van der Waals surface area contributed by atoms with Crippen molar-refractivity contribution in [3.63, 3.8) is 0 Å². The van der Waals surface area contributed by atoms with Gasteiger partial charge in [0.1, 0.15) is 23.9 Å². The van der Waals surface area contributed by atoms with Crippen LogP contribution in [0.2, 0.25) is 0 Å². The van der Waals surface area contributed by atoms with Gasteiger partial charge < -0.3 is 34.4 Å². The summed E-state index contributed by atoms with van der Waals surface area (Å²) >= 11 is 0. The lowest BCUT2D eigenvalue weighted by Crippen LogP contribution is -2.62. The van der Waals surface area contributed by atoms with Gasteiger partial charge in [-0.05, 0) is 117 Å². The van der Waals surface area contributed by atoms with E-state index in [1.54, 1.807) is 24.1 Å². The highest BCUT2D eigenvalue weighted by atomic mass is 16.5. The molecule has 4 atom stereocenters. The van der Waals surface area contributed by atoms with Crippen molar-refractivity contribution in [2.75, 3.05) is 47.4 Å². The molecule has 3 aliphatic heterocycles. The number of pyridine rings is 1. The van der Waals surface area contributed by atoms with Crippen molar-refractivity contribution >= 4 is 40.5 Å². The van der Waals surface area contributed by atoms with E-state index in [1.165, 1.54) is 16.0 Å². The number of carbonyl (C=O) groups is 5. The van der Waals surface area contributed by atoms with E-state index in [1.807, 2.05) is 52.3 Å². The zero-order valence-corrected chi connectivity index (χ0v) is 39.7. The summed E-state index contributed by atoms with van der Waals surface area (Å²) in [7, 11) is 5.66. The summed E-state index contributed by atoms with van der Waals surface area (Å²) in [6.07, 6.45) is 5.02. The van der Waals surface area contributed by atoms with Gasteiger partial charge >= 0.3 is 5.97 Å². The maximum atomic E-state index is 14.7. The molecule has 7 rings (SSSR count). The van der Waals surface area contributed by atoms with Crippen LogP contribution < -0.4 is 10.7 Å². The van der Waals surface area contributed by atoms with Crippen molar-refractivity contribution in [1.82, 2.24) is 40.0 Å². The first-order valence-corrected chi connectivity index (χ1v) is 23.2. The summed E-state index contributed by atoms with van der Waals surface area (Å²) in [5.74, 6) is -2.83. The molecule has 0 aliphatic carbocycles. The predicted molar refractivity (Wildman–Crippen MR) is 254 cm³/mol. The molecule has 0 saturated carbocycles. The summed E-state index contributed by atoms with van der Waals surface area (Å²) in [6.45, 7) is 15.9. The minimum absolute atomic E-state index is 0.00460. The Kier molecular flexibility index (Phi) is 14.4. The van der Waals surface area contributed by atoms with Gasteiger partial charge in [-0.2, -0.15) is 0 Å². The number of likely N-dealkylation sites (N-methyl/N-ethyl adjacent to an activating group) is 1. The Morgan fingerprint density at radius 3 is 2.55 bits per heavy atom. The number of phenolic OH excluding ortho intramolecular Hbond substituents is 1. The largest absolute Gasteiger partial charge is 0.508 e. The first-order chi connectivity index (χ1) is 31.4. The Morgan fingerprint density at radius 1 is 1.06 bits per heavy atom. The number of hydrazine groups is 1. The molecular formula is C51H66N8O7. The zero-order chi connectivity index (χ0) is 47.6. The first kappa shape index (κ1) is 47.9.